The maximum atomic E-state index is 4.72. The van der Waals surface area contributed by atoms with Crippen molar-refractivity contribution in [1.82, 2.24) is 14.8 Å². The van der Waals surface area contributed by atoms with E-state index in [0.29, 0.717) is 6.04 Å². The van der Waals surface area contributed by atoms with E-state index in [0.717, 1.165) is 32.0 Å². The van der Waals surface area contributed by atoms with Gasteiger partial charge in [-0.2, -0.15) is 0 Å². The largest absolute Gasteiger partial charge is 0.354 e. The summed E-state index contributed by atoms with van der Waals surface area (Å²) in [7, 11) is 4.42. The number of anilines is 1. The van der Waals surface area contributed by atoms with Crippen LogP contribution in [0.5, 0.6) is 0 Å². The van der Waals surface area contributed by atoms with Gasteiger partial charge >= 0.3 is 0 Å². The molecule has 3 rings (SSSR count). The molecule has 2 aliphatic rings. The summed E-state index contributed by atoms with van der Waals surface area (Å²) in [5, 5.41) is 0. The maximum Gasteiger partial charge on any atom is 0.128 e. The number of likely N-dealkylation sites (N-methyl/N-ethyl adjacent to an activating group) is 1. The van der Waals surface area contributed by atoms with Gasteiger partial charge in [-0.3, -0.25) is 4.90 Å². The lowest BCUT2D eigenvalue weighted by Gasteiger charge is -2.34. The van der Waals surface area contributed by atoms with Gasteiger partial charge in [0, 0.05) is 38.4 Å². The van der Waals surface area contributed by atoms with Crippen molar-refractivity contribution in [1.29, 1.82) is 0 Å². The van der Waals surface area contributed by atoms with Crippen molar-refractivity contribution < 1.29 is 0 Å². The molecule has 3 heterocycles. The quantitative estimate of drug-likeness (QED) is 0.822. The summed E-state index contributed by atoms with van der Waals surface area (Å²) in [6.07, 6.45) is 6.04. The molecule has 0 aliphatic carbocycles. The molecule has 0 N–H and O–H groups in total. The summed E-state index contributed by atoms with van der Waals surface area (Å²) in [6, 6.07) is 5.06. The molecule has 1 atom stereocenters. The van der Waals surface area contributed by atoms with Crippen LogP contribution >= 0.6 is 0 Å². The highest BCUT2D eigenvalue weighted by atomic mass is 15.3. The summed E-state index contributed by atoms with van der Waals surface area (Å²) in [5.74, 6) is 1.14. The normalized spacial score (nSPS) is 25.9. The first kappa shape index (κ1) is 13.8. The predicted molar refractivity (Wildman–Crippen MR) is 83.2 cm³/mol. The van der Waals surface area contributed by atoms with Crippen LogP contribution in [0.4, 0.5) is 5.82 Å². The summed E-state index contributed by atoms with van der Waals surface area (Å²) in [5.41, 5.74) is 1.38. The van der Waals surface area contributed by atoms with Crippen molar-refractivity contribution >= 4 is 5.82 Å². The standard InChI is InChI=1S/C16H26N4/c1-18-9-11-20(12-10-18)16-7-6-14(13-17-16)15-5-3-4-8-19(15)2/h6-7,13,15H,3-5,8-12H2,1-2H3/t15-/m1/s1. The average Bonchev–Trinajstić information content (AvgIpc) is 2.49. The van der Waals surface area contributed by atoms with Crippen LogP contribution in [0.15, 0.2) is 18.3 Å². The minimum atomic E-state index is 0.567. The van der Waals surface area contributed by atoms with Gasteiger partial charge in [-0.05, 0) is 45.1 Å². The Morgan fingerprint density at radius 1 is 1.00 bits per heavy atom. The molecule has 4 nitrogen and oxygen atoms in total. The van der Waals surface area contributed by atoms with E-state index in [9.17, 15) is 0 Å². The molecule has 0 radical (unpaired) electrons. The smallest absolute Gasteiger partial charge is 0.128 e. The second kappa shape index (κ2) is 6.10. The Morgan fingerprint density at radius 3 is 2.45 bits per heavy atom. The Balaban J connectivity index is 1.68. The molecule has 2 fully saturated rings. The van der Waals surface area contributed by atoms with E-state index in [1.807, 2.05) is 0 Å². The van der Waals surface area contributed by atoms with Crippen LogP contribution in [-0.4, -0.2) is 61.6 Å². The van der Waals surface area contributed by atoms with Crippen molar-refractivity contribution in [3.05, 3.63) is 23.9 Å². The molecule has 4 heteroatoms. The summed E-state index contributed by atoms with van der Waals surface area (Å²) in [4.78, 5) is 12.0. The molecule has 0 unspecified atom stereocenters. The van der Waals surface area contributed by atoms with Crippen LogP contribution in [0.25, 0.3) is 0 Å². The second-order valence-electron chi connectivity index (χ2n) is 6.23. The fourth-order valence-corrected chi connectivity index (χ4v) is 3.31. The molecule has 0 aromatic carbocycles. The number of aromatic nitrogens is 1. The SMILES string of the molecule is CN1CCN(c2ccc([C@H]3CCCCN3C)cn2)CC1. The number of nitrogens with zero attached hydrogens (tertiary/aromatic N) is 4. The molecule has 20 heavy (non-hydrogen) atoms. The minimum absolute atomic E-state index is 0.567. The number of rotatable bonds is 2. The van der Waals surface area contributed by atoms with E-state index in [2.05, 4.69) is 47.1 Å². The third-order valence-corrected chi connectivity index (χ3v) is 4.75. The van der Waals surface area contributed by atoms with Crippen LogP contribution in [0.2, 0.25) is 0 Å². The molecule has 2 saturated heterocycles. The average molecular weight is 274 g/mol. The third kappa shape index (κ3) is 2.96. The third-order valence-electron chi connectivity index (χ3n) is 4.75. The van der Waals surface area contributed by atoms with Crippen molar-refractivity contribution in [2.75, 3.05) is 51.7 Å². The highest BCUT2D eigenvalue weighted by Crippen LogP contribution is 2.29. The van der Waals surface area contributed by atoms with Gasteiger partial charge in [-0.1, -0.05) is 12.5 Å². The molecule has 1 aromatic rings. The van der Waals surface area contributed by atoms with Gasteiger partial charge in [0.25, 0.3) is 0 Å². The van der Waals surface area contributed by atoms with E-state index >= 15 is 0 Å². The molecule has 0 bridgehead atoms. The maximum absolute atomic E-state index is 4.72. The molecule has 2 aliphatic heterocycles. The Kier molecular flexibility index (Phi) is 4.22. The number of piperazine rings is 1. The van der Waals surface area contributed by atoms with Crippen LogP contribution in [-0.2, 0) is 0 Å². The van der Waals surface area contributed by atoms with Crippen molar-refractivity contribution in [2.45, 2.75) is 25.3 Å². The number of hydrogen-bond donors (Lipinski definition) is 0. The Hall–Kier alpha value is -1.13. The summed E-state index contributed by atoms with van der Waals surface area (Å²) < 4.78 is 0. The molecule has 0 spiro atoms. The van der Waals surface area contributed by atoms with Crippen molar-refractivity contribution in [3.8, 4) is 0 Å². The first-order valence-electron chi connectivity index (χ1n) is 7.84. The van der Waals surface area contributed by atoms with Gasteiger partial charge in [0.1, 0.15) is 5.82 Å². The van der Waals surface area contributed by atoms with Crippen LogP contribution in [0.3, 0.4) is 0 Å². The highest BCUT2D eigenvalue weighted by molar-refractivity contribution is 5.40. The Morgan fingerprint density at radius 2 is 1.80 bits per heavy atom. The zero-order valence-corrected chi connectivity index (χ0v) is 12.8. The van der Waals surface area contributed by atoms with Crippen LogP contribution in [0.1, 0.15) is 30.9 Å². The van der Waals surface area contributed by atoms with Gasteiger partial charge in [0.2, 0.25) is 0 Å². The van der Waals surface area contributed by atoms with Gasteiger partial charge in [-0.25, -0.2) is 4.98 Å². The van der Waals surface area contributed by atoms with Crippen LogP contribution < -0.4 is 4.90 Å². The predicted octanol–water partition coefficient (Wildman–Crippen LogP) is 1.99. The topological polar surface area (TPSA) is 22.6 Å². The zero-order chi connectivity index (χ0) is 13.9. The first-order valence-corrected chi connectivity index (χ1v) is 7.84. The summed E-state index contributed by atoms with van der Waals surface area (Å²) >= 11 is 0. The molecule has 1 aromatic heterocycles. The van der Waals surface area contributed by atoms with Gasteiger partial charge < -0.3 is 9.80 Å². The molecule has 110 valence electrons. The number of likely N-dealkylation sites (tertiary alicyclic amines) is 1. The number of piperidine rings is 1. The highest BCUT2D eigenvalue weighted by Gasteiger charge is 2.21. The lowest BCUT2D eigenvalue weighted by molar-refractivity contribution is 0.187. The molecule has 0 amide bonds. The zero-order valence-electron chi connectivity index (χ0n) is 12.8. The van der Waals surface area contributed by atoms with E-state index < -0.39 is 0 Å². The number of hydrogen-bond acceptors (Lipinski definition) is 4. The van der Waals surface area contributed by atoms with E-state index in [4.69, 9.17) is 4.98 Å². The minimum Gasteiger partial charge on any atom is -0.354 e. The number of pyridine rings is 1. The van der Waals surface area contributed by atoms with Gasteiger partial charge in [0.05, 0.1) is 0 Å². The van der Waals surface area contributed by atoms with Gasteiger partial charge in [0.15, 0.2) is 0 Å². The second-order valence-corrected chi connectivity index (χ2v) is 6.23. The monoisotopic (exact) mass is 274 g/mol. The van der Waals surface area contributed by atoms with Crippen molar-refractivity contribution in [3.63, 3.8) is 0 Å². The molecule has 0 saturated carbocycles. The van der Waals surface area contributed by atoms with Gasteiger partial charge in [-0.15, -0.1) is 0 Å². The van der Waals surface area contributed by atoms with E-state index in [-0.39, 0.29) is 0 Å². The lowest BCUT2D eigenvalue weighted by Crippen LogP contribution is -2.44. The molecular formula is C16H26N4. The fourth-order valence-electron chi connectivity index (χ4n) is 3.31. The fraction of sp³-hybridized carbons (Fsp3) is 0.688. The Bertz CT molecular complexity index is 423. The lowest BCUT2D eigenvalue weighted by atomic mass is 9.97. The molecular weight excluding hydrogens is 248 g/mol. The van der Waals surface area contributed by atoms with E-state index in [1.54, 1.807) is 0 Å². The summed E-state index contributed by atoms with van der Waals surface area (Å²) in [6.45, 7) is 5.66. The van der Waals surface area contributed by atoms with Crippen LogP contribution in [0, 0.1) is 0 Å². The van der Waals surface area contributed by atoms with Crippen molar-refractivity contribution in [2.24, 2.45) is 0 Å². The Labute approximate surface area is 122 Å². The first-order chi connectivity index (χ1) is 9.74. The van der Waals surface area contributed by atoms with E-state index in [1.165, 1.54) is 31.4 Å².